The number of halogens is 14. The number of ether oxygens (including phenoxy) is 2. The number of hydrogen-bond donors (Lipinski definition) is 0. The zero-order valence-corrected chi connectivity index (χ0v) is 9.11. The minimum absolute atomic E-state index is 1.32. The van der Waals surface area contributed by atoms with Gasteiger partial charge in [0.2, 0.25) is 0 Å². The van der Waals surface area contributed by atoms with Gasteiger partial charge < -0.3 is 0 Å². The van der Waals surface area contributed by atoms with E-state index in [0.29, 0.717) is 0 Å². The van der Waals surface area contributed by atoms with Crippen LogP contribution in [0.2, 0.25) is 0 Å². The Balaban J connectivity index is 6.34. The SMILES string of the molecule is FC(F)(F)OC(F)(C(F)(F)F)C(F)(OC(F)(F)F)C(F)(F)F. The molecule has 0 spiro atoms. The summed E-state index contributed by atoms with van der Waals surface area (Å²) in [6, 6.07) is 0. The fourth-order valence-corrected chi connectivity index (χ4v) is 0.931. The van der Waals surface area contributed by atoms with Gasteiger partial charge in [0.05, 0.1) is 0 Å². The van der Waals surface area contributed by atoms with Gasteiger partial charge in [-0.15, -0.1) is 26.3 Å². The van der Waals surface area contributed by atoms with Crippen molar-refractivity contribution in [3.63, 3.8) is 0 Å². The molecule has 2 nitrogen and oxygen atoms in total. The predicted octanol–water partition coefficient (Wildman–Crippen LogP) is 4.52. The Kier molecular flexibility index (Phi) is 4.99. The first-order chi connectivity index (χ1) is 9.16. The van der Waals surface area contributed by atoms with Crippen LogP contribution in [-0.4, -0.2) is 36.8 Å². The molecule has 0 aromatic rings. The first-order valence-corrected chi connectivity index (χ1v) is 4.21. The largest absolute Gasteiger partial charge is 0.525 e. The van der Waals surface area contributed by atoms with Crippen LogP contribution in [0.1, 0.15) is 0 Å². The van der Waals surface area contributed by atoms with E-state index in [2.05, 4.69) is 0 Å². The maximum absolute atomic E-state index is 13.1. The molecule has 2 unspecified atom stereocenters. The van der Waals surface area contributed by atoms with Gasteiger partial charge in [-0.1, -0.05) is 0 Å². The second-order valence-corrected chi connectivity index (χ2v) is 3.28. The van der Waals surface area contributed by atoms with Gasteiger partial charge in [0, 0.05) is 0 Å². The highest BCUT2D eigenvalue weighted by molar-refractivity contribution is 4.99. The van der Waals surface area contributed by atoms with Crippen molar-refractivity contribution in [2.45, 2.75) is 36.8 Å². The molecular formula is C6F14O2. The van der Waals surface area contributed by atoms with E-state index in [0.717, 1.165) is 0 Å². The van der Waals surface area contributed by atoms with Crippen LogP contribution in [0.3, 0.4) is 0 Å². The second-order valence-electron chi connectivity index (χ2n) is 3.28. The Bertz CT molecular complexity index is 350. The molecule has 0 aliphatic carbocycles. The first kappa shape index (κ1) is 20.9. The molecule has 0 aliphatic heterocycles. The molecule has 0 saturated heterocycles. The summed E-state index contributed by atoms with van der Waals surface area (Å²) in [4.78, 5) is 0. The summed E-state index contributed by atoms with van der Waals surface area (Å²) in [5.41, 5.74) is 0. The molecule has 2 atom stereocenters. The van der Waals surface area contributed by atoms with Gasteiger partial charge in [-0.05, 0) is 0 Å². The maximum Gasteiger partial charge on any atom is 0.525 e. The second kappa shape index (κ2) is 5.24. The molecule has 22 heavy (non-hydrogen) atoms. The molecule has 0 aliphatic rings. The van der Waals surface area contributed by atoms with E-state index in [1.165, 1.54) is 9.47 Å². The van der Waals surface area contributed by atoms with Gasteiger partial charge in [-0.2, -0.15) is 35.1 Å². The molecule has 0 bridgehead atoms. The zero-order valence-electron chi connectivity index (χ0n) is 9.11. The Labute approximate surface area is 109 Å². The van der Waals surface area contributed by atoms with Crippen LogP contribution in [-0.2, 0) is 9.47 Å². The van der Waals surface area contributed by atoms with Gasteiger partial charge >= 0.3 is 36.8 Å². The van der Waals surface area contributed by atoms with Crippen molar-refractivity contribution in [2.24, 2.45) is 0 Å². The number of hydrogen-bond acceptors (Lipinski definition) is 2. The third-order valence-electron chi connectivity index (χ3n) is 1.66. The van der Waals surface area contributed by atoms with Crippen LogP contribution < -0.4 is 0 Å². The summed E-state index contributed by atoms with van der Waals surface area (Å²) in [6.07, 6.45) is -29.0. The van der Waals surface area contributed by atoms with Crippen molar-refractivity contribution in [3.05, 3.63) is 0 Å². The molecular weight excluding hydrogens is 370 g/mol. The van der Waals surface area contributed by atoms with Gasteiger partial charge in [0.25, 0.3) is 0 Å². The summed E-state index contributed by atoms with van der Waals surface area (Å²) >= 11 is 0. The van der Waals surface area contributed by atoms with Gasteiger partial charge in [-0.25, -0.2) is 9.47 Å². The van der Waals surface area contributed by atoms with E-state index in [4.69, 9.17) is 0 Å². The lowest BCUT2D eigenvalue weighted by Crippen LogP contribution is -2.69. The Hall–Kier alpha value is -1.06. The fourth-order valence-electron chi connectivity index (χ4n) is 0.931. The maximum atomic E-state index is 13.1. The molecule has 134 valence electrons. The van der Waals surface area contributed by atoms with Crippen LogP contribution in [0.15, 0.2) is 0 Å². The number of alkyl halides is 14. The van der Waals surface area contributed by atoms with Crippen LogP contribution in [0, 0.1) is 0 Å². The summed E-state index contributed by atoms with van der Waals surface area (Å²) in [5.74, 6) is -15.2. The zero-order chi connectivity index (χ0) is 18.4. The van der Waals surface area contributed by atoms with Gasteiger partial charge in [0.1, 0.15) is 0 Å². The van der Waals surface area contributed by atoms with E-state index in [9.17, 15) is 61.5 Å². The molecule has 0 amide bonds. The number of rotatable bonds is 3. The van der Waals surface area contributed by atoms with Crippen molar-refractivity contribution in [1.82, 2.24) is 0 Å². The lowest BCUT2D eigenvalue weighted by molar-refractivity contribution is -0.560. The summed E-state index contributed by atoms with van der Waals surface area (Å²) < 4.78 is 171. The van der Waals surface area contributed by atoms with Crippen LogP contribution in [0.25, 0.3) is 0 Å². The lowest BCUT2D eigenvalue weighted by Gasteiger charge is -2.39. The lowest BCUT2D eigenvalue weighted by atomic mass is 10.1. The van der Waals surface area contributed by atoms with E-state index in [1.54, 1.807) is 0 Å². The van der Waals surface area contributed by atoms with Crippen LogP contribution in [0.5, 0.6) is 0 Å². The van der Waals surface area contributed by atoms with Crippen molar-refractivity contribution in [3.8, 4) is 0 Å². The molecule has 0 saturated carbocycles. The monoisotopic (exact) mass is 370 g/mol. The highest BCUT2D eigenvalue weighted by atomic mass is 19.4. The van der Waals surface area contributed by atoms with Crippen molar-refractivity contribution in [1.29, 1.82) is 0 Å². The Morgan fingerprint density at radius 1 is 0.364 bits per heavy atom. The normalized spacial score (nSPS) is 20.5. The topological polar surface area (TPSA) is 18.5 Å². The third kappa shape index (κ3) is 4.23. The molecule has 0 aromatic heterocycles. The Morgan fingerprint density at radius 2 is 0.545 bits per heavy atom. The highest BCUT2D eigenvalue weighted by Crippen LogP contribution is 2.56. The van der Waals surface area contributed by atoms with Crippen LogP contribution >= 0.6 is 0 Å². The highest BCUT2D eigenvalue weighted by Gasteiger charge is 2.86. The minimum atomic E-state index is -7.59. The van der Waals surface area contributed by atoms with E-state index < -0.39 is 36.8 Å². The van der Waals surface area contributed by atoms with Crippen molar-refractivity contribution >= 4 is 0 Å². The summed E-state index contributed by atoms with van der Waals surface area (Å²) in [5, 5.41) is 0. The van der Waals surface area contributed by atoms with E-state index >= 15 is 0 Å². The fraction of sp³-hybridized carbons (Fsp3) is 1.00. The van der Waals surface area contributed by atoms with Gasteiger partial charge in [-0.3, -0.25) is 0 Å². The Morgan fingerprint density at radius 3 is 0.636 bits per heavy atom. The van der Waals surface area contributed by atoms with Crippen molar-refractivity contribution < 1.29 is 70.9 Å². The standard InChI is InChI=1S/C6F14O2/c7-1(3(9,10)11,21-5(15,16)17)2(8,4(12,13)14)22-6(18,19)20. The van der Waals surface area contributed by atoms with E-state index in [-0.39, 0.29) is 0 Å². The minimum Gasteiger partial charge on any atom is -0.240 e. The molecule has 0 N–H and O–H groups in total. The smallest absolute Gasteiger partial charge is 0.240 e. The first-order valence-electron chi connectivity index (χ1n) is 4.21. The molecule has 0 fully saturated rings. The molecule has 0 heterocycles. The summed E-state index contributed by atoms with van der Waals surface area (Å²) in [6.45, 7) is 0. The molecule has 0 rings (SSSR count). The summed E-state index contributed by atoms with van der Waals surface area (Å²) in [7, 11) is 0. The molecule has 0 aromatic carbocycles. The predicted molar refractivity (Wildman–Crippen MR) is 34.1 cm³/mol. The average molecular weight is 370 g/mol. The van der Waals surface area contributed by atoms with Crippen molar-refractivity contribution in [2.75, 3.05) is 0 Å². The molecule has 0 radical (unpaired) electrons. The average Bonchev–Trinajstić information content (AvgIpc) is 2.07. The van der Waals surface area contributed by atoms with Gasteiger partial charge in [0.15, 0.2) is 0 Å². The van der Waals surface area contributed by atoms with E-state index in [1.807, 2.05) is 0 Å². The van der Waals surface area contributed by atoms with Crippen LogP contribution in [0.4, 0.5) is 61.5 Å². The molecule has 16 heteroatoms. The third-order valence-corrected chi connectivity index (χ3v) is 1.66. The quantitative estimate of drug-likeness (QED) is 0.681.